The van der Waals surface area contributed by atoms with Crippen LogP contribution in [0.15, 0.2) is 16.6 Å². The van der Waals surface area contributed by atoms with E-state index in [0.29, 0.717) is 12.0 Å². The first-order valence-corrected chi connectivity index (χ1v) is 8.38. The molecule has 3 heteroatoms. The highest BCUT2D eigenvalue weighted by Gasteiger charge is 2.11. The van der Waals surface area contributed by atoms with Crippen molar-refractivity contribution in [3.63, 3.8) is 0 Å². The van der Waals surface area contributed by atoms with Gasteiger partial charge >= 0.3 is 0 Å². The molecule has 0 radical (unpaired) electrons. The van der Waals surface area contributed by atoms with E-state index in [1.165, 1.54) is 24.0 Å². The maximum Gasteiger partial charge on any atom is 0.126 e. The number of nitrogens with one attached hydrogen (secondary N) is 1. The third-order valence-electron chi connectivity index (χ3n) is 3.31. The SMILES string of the molecule is CCCC(C)COc1c(C)cc(Br)cc1CNC(C)C. The molecule has 0 aliphatic rings. The number of hydrogen-bond donors (Lipinski definition) is 1. The minimum Gasteiger partial charge on any atom is -0.493 e. The molecular weight excluding hydrogens is 314 g/mol. The molecule has 0 amide bonds. The van der Waals surface area contributed by atoms with Crippen molar-refractivity contribution in [3.8, 4) is 5.75 Å². The number of aryl methyl sites for hydroxylation is 1. The van der Waals surface area contributed by atoms with Gasteiger partial charge in [0, 0.05) is 22.6 Å². The van der Waals surface area contributed by atoms with E-state index < -0.39 is 0 Å². The predicted octanol–water partition coefficient (Wildman–Crippen LogP) is 5.07. The molecule has 114 valence electrons. The highest BCUT2D eigenvalue weighted by Crippen LogP contribution is 2.29. The summed E-state index contributed by atoms with van der Waals surface area (Å²) in [6, 6.07) is 4.75. The van der Waals surface area contributed by atoms with Crippen LogP contribution in [-0.4, -0.2) is 12.6 Å². The van der Waals surface area contributed by atoms with Gasteiger partial charge in [0.1, 0.15) is 5.75 Å². The van der Waals surface area contributed by atoms with E-state index in [1.807, 2.05) is 0 Å². The van der Waals surface area contributed by atoms with Crippen LogP contribution in [0.2, 0.25) is 0 Å². The Morgan fingerprint density at radius 1 is 1.25 bits per heavy atom. The first kappa shape index (κ1) is 17.5. The van der Waals surface area contributed by atoms with Gasteiger partial charge in [0.25, 0.3) is 0 Å². The van der Waals surface area contributed by atoms with Crippen LogP contribution in [0, 0.1) is 12.8 Å². The fourth-order valence-corrected chi connectivity index (χ4v) is 2.87. The molecule has 1 unspecified atom stereocenters. The summed E-state index contributed by atoms with van der Waals surface area (Å²) >= 11 is 3.58. The molecule has 0 aromatic heterocycles. The lowest BCUT2D eigenvalue weighted by Gasteiger charge is -2.19. The Hall–Kier alpha value is -0.540. The second-order valence-electron chi connectivity index (χ2n) is 5.95. The summed E-state index contributed by atoms with van der Waals surface area (Å²) in [5.74, 6) is 1.65. The molecular formula is C17H28BrNO. The molecule has 0 aliphatic heterocycles. The summed E-state index contributed by atoms with van der Waals surface area (Å²) in [5.41, 5.74) is 2.43. The van der Waals surface area contributed by atoms with Crippen molar-refractivity contribution in [3.05, 3.63) is 27.7 Å². The monoisotopic (exact) mass is 341 g/mol. The van der Waals surface area contributed by atoms with Gasteiger partial charge in [-0.15, -0.1) is 0 Å². The van der Waals surface area contributed by atoms with E-state index >= 15 is 0 Å². The Labute approximate surface area is 132 Å². The molecule has 1 aromatic rings. The quantitative estimate of drug-likeness (QED) is 0.712. The molecule has 1 atom stereocenters. The van der Waals surface area contributed by atoms with Gasteiger partial charge in [-0.05, 0) is 37.0 Å². The summed E-state index contributed by atoms with van der Waals surface area (Å²) in [7, 11) is 0. The molecule has 0 fully saturated rings. The number of ether oxygens (including phenoxy) is 1. The van der Waals surface area contributed by atoms with Crippen molar-refractivity contribution < 1.29 is 4.74 Å². The van der Waals surface area contributed by atoms with Gasteiger partial charge in [-0.2, -0.15) is 0 Å². The Bertz CT molecular complexity index is 418. The van der Waals surface area contributed by atoms with Gasteiger partial charge < -0.3 is 10.1 Å². The van der Waals surface area contributed by atoms with E-state index in [0.717, 1.165) is 23.4 Å². The van der Waals surface area contributed by atoms with Crippen molar-refractivity contribution in [1.82, 2.24) is 5.32 Å². The molecule has 0 spiro atoms. The standard InChI is InChI=1S/C17H28BrNO/c1-6-7-13(4)11-20-17-14(5)8-16(18)9-15(17)10-19-12(2)3/h8-9,12-13,19H,6-7,10-11H2,1-5H3. The van der Waals surface area contributed by atoms with Crippen molar-refractivity contribution in [2.24, 2.45) is 5.92 Å². The number of benzene rings is 1. The topological polar surface area (TPSA) is 21.3 Å². The molecule has 1 N–H and O–H groups in total. The summed E-state index contributed by atoms with van der Waals surface area (Å²) < 4.78 is 7.22. The minimum absolute atomic E-state index is 0.473. The third kappa shape index (κ3) is 5.84. The van der Waals surface area contributed by atoms with Crippen LogP contribution in [0.25, 0.3) is 0 Å². The van der Waals surface area contributed by atoms with Crippen LogP contribution in [0.1, 0.15) is 51.7 Å². The van der Waals surface area contributed by atoms with E-state index in [1.54, 1.807) is 0 Å². The van der Waals surface area contributed by atoms with E-state index in [-0.39, 0.29) is 0 Å². The van der Waals surface area contributed by atoms with Gasteiger partial charge in [-0.25, -0.2) is 0 Å². The van der Waals surface area contributed by atoms with Crippen molar-refractivity contribution in [1.29, 1.82) is 0 Å². The van der Waals surface area contributed by atoms with Gasteiger partial charge in [-0.1, -0.05) is 50.0 Å². The molecule has 1 rings (SSSR count). The summed E-state index contributed by atoms with van der Waals surface area (Å²) in [6.07, 6.45) is 2.43. The Kier molecular flexibility index (Phi) is 7.60. The number of hydrogen-bond acceptors (Lipinski definition) is 2. The van der Waals surface area contributed by atoms with Crippen LogP contribution in [0.3, 0.4) is 0 Å². The maximum atomic E-state index is 6.11. The van der Waals surface area contributed by atoms with Crippen molar-refractivity contribution >= 4 is 15.9 Å². The first-order chi connectivity index (χ1) is 9.43. The van der Waals surface area contributed by atoms with Gasteiger partial charge in [0.15, 0.2) is 0 Å². The molecule has 0 saturated heterocycles. The fraction of sp³-hybridized carbons (Fsp3) is 0.647. The van der Waals surface area contributed by atoms with Crippen LogP contribution in [0.4, 0.5) is 0 Å². The highest BCUT2D eigenvalue weighted by molar-refractivity contribution is 9.10. The number of halogens is 1. The van der Waals surface area contributed by atoms with Gasteiger partial charge in [-0.3, -0.25) is 0 Å². The molecule has 0 saturated carbocycles. The zero-order valence-corrected chi connectivity index (χ0v) is 15.0. The van der Waals surface area contributed by atoms with Crippen LogP contribution < -0.4 is 10.1 Å². The van der Waals surface area contributed by atoms with E-state index in [9.17, 15) is 0 Å². The summed E-state index contributed by atoms with van der Waals surface area (Å²) in [5, 5.41) is 3.47. The molecule has 20 heavy (non-hydrogen) atoms. The third-order valence-corrected chi connectivity index (χ3v) is 3.77. The predicted molar refractivity (Wildman–Crippen MR) is 90.4 cm³/mol. The summed E-state index contributed by atoms with van der Waals surface area (Å²) in [4.78, 5) is 0. The average Bonchev–Trinajstić information content (AvgIpc) is 2.35. The van der Waals surface area contributed by atoms with Crippen molar-refractivity contribution in [2.45, 2.75) is 60.0 Å². The molecule has 0 bridgehead atoms. The second-order valence-corrected chi connectivity index (χ2v) is 6.87. The zero-order chi connectivity index (χ0) is 15.1. The Morgan fingerprint density at radius 3 is 2.55 bits per heavy atom. The number of rotatable bonds is 8. The zero-order valence-electron chi connectivity index (χ0n) is 13.4. The average molecular weight is 342 g/mol. The maximum absolute atomic E-state index is 6.11. The second kappa shape index (κ2) is 8.68. The molecule has 0 aliphatic carbocycles. The lowest BCUT2D eigenvalue weighted by molar-refractivity contribution is 0.247. The largest absolute Gasteiger partial charge is 0.493 e. The Morgan fingerprint density at radius 2 is 1.95 bits per heavy atom. The summed E-state index contributed by atoms with van der Waals surface area (Å²) in [6.45, 7) is 12.6. The molecule has 2 nitrogen and oxygen atoms in total. The highest BCUT2D eigenvalue weighted by atomic mass is 79.9. The lowest BCUT2D eigenvalue weighted by atomic mass is 10.1. The normalized spacial score (nSPS) is 12.8. The Balaban J connectivity index is 2.80. The van der Waals surface area contributed by atoms with E-state index in [4.69, 9.17) is 4.74 Å². The van der Waals surface area contributed by atoms with Crippen LogP contribution in [0.5, 0.6) is 5.75 Å². The molecule has 1 aromatic carbocycles. The van der Waals surface area contributed by atoms with Crippen molar-refractivity contribution in [2.75, 3.05) is 6.61 Å². The fourth-order valence-electron chi connectivity index (χ4n) is 2.25. The van der Waals surface area contributed by atoms with Crippen LogP contribution >= 0.6 is 15.9 Å². The molecule has 0 heterocycles. The first-order valence-electron chi connectivity index (χ1n) is 7.59. The smallest absolute Gasteiger partial charge is 0.126 e. The van der Waals surface area contributed by atoms with Gasteiger partial charge in [0.05, 0.1) is 6.61 Å². The van der Waals surface area contributed by atoms with Crippen LogP contribution in [-0.2, 0) is 6.54 Å². The van der Waals surface area contributed by atoms with Gasteiger partial charge in [0.2, 0.25) is 0 Å². The van der Waals surface area contributed by atoms with E-state index in [2.05, 4.69) is 68.0 Å². The lowest BCUT2D eigenvalue weighted by Crippen LogP contribution is -2.22. The minimum atomic E-state index is 0.473.